The Morgan fingerprint density at radius 3 is 2.34 bits per heavy atom. The SMILES string of the molecule is CC.CC.CC1C(C2(C)CCC(=N)CC2CC=N)C/C(=N\O)C2(C)C1CCC2[C@H](C)CCC(=O)O. The van der Waals surface area contributed by atoms with Crippen molar-refractivity contribution in [2.45, 2.75) is 113 Å². The van der Waals surface area contributed by atoms with Gasteiger partial charge < -0.3 is 21.1 Å². The van der Waals surface area contributed by atoms with Crippen molar-refractivity contribution in [2.24, 2.45) is 51.5 Å². The molecule has 8 atom stereocenters. The van der Waals surface area contributed by atoms with Gasteiger partial charge in [-0.05, 0) is 98.5 Å². The lowest BCUT2D eigenvalue weighted by Gasteiger charge is -2.56. The molecule has 35 heavy (non-hydrogen) atoms. The van der Waals surface area contributed by atoms with E-state index in [9.17, 15) is 10.0 Å². The molecule has 3 fully saturated rings. The third-order valence-corrected chi connectivity index (χ3v) is 9.90. The number of hydrogen-bond donors (Lipinski definition) is 4. The number of rotatable bonds is 7. The Morgan fingerprint density at radius 2 is 1.80 bits per heavy atom. The highest BCUT2D eigenvalue weighted by Crippen LogP contribution is 2.64. The van der Waals surface area contributed by atoms with Gasteiger partial charge in [0, 0.05) is 17.5 Å². The van der Waals surface area contributed by atoms with Crippen molar-refractivity contribution >= 4 is 23.6 Å². The van der Waals surface area contributed by atoms with Gasteiger partial charge in [-0.15, -0.1) is 0 Å². The van der Waals surface area contributed by atoms with Crippen molar-refractivity contribution in [3.8, 4) is 0 Å². The van der Waals surface area contributed by atoms with E-state index in [0.717, 1.165) is 49.9 Å². The van der Waals surface area contributed by atoms with Gasteiger partial charge in [-0.3, -0.25) is 4.79 Å². The largest absolute Gasteiger partial charge is 0.481 e. The van der Waals surface area contributed by atoms with Crippen LogP contribution >= 0.6 is 0 Å². The molecule has 202 valence electrons. The predicted octanol–water partition coefficient (Wildman–Crippen LogP) is 7.92. The maximum absolute atomic E-state index is 11.1. The molecule has 0 aromatic rings. The summed E-state index contributed by atoms with van der Waals surface area (Å²) in [5, 5.41) is 39.1. The van der Waals surface area contributed by atoms with E-state index < -0.39 is 5.97 Å². The number of nitrogens with one attached hydrogen (secondary N) is 2. The minimum atomic E-state index is -0.743. The Hall–Kier alpha value is -1.72. The number of carboxylic acid groups (broad SMARTS) is 1. The smallest absolute Gasteiger partial charge is 0.303 e. The first-order chi connectivity index (χ1) is 16.6. The third-order valence-electron chi connectivity index (χ3n) is 9.90. The van der Waals surface area contributed by atoms with E-state index in [2.05, 4.69) is 32.9 Å². The zero-order valence-electron chi connectivity index (χ0n) is 23.7. The van der Waals surface area contributed by atoms with E-state index in [1.807, 2.05) is 27.7 Å². The topological polar surface area (TPSA) is 118 Å². The molecular weight excluding hydrogens is 438 g/mol. The van der Waals surface area contributed by atoms with Crippen LogP contribution in [0.25, 0.3) is 0 Å². The van der Waals surface area contributed by atoms with Crippen LogP contribution in [0.5, 0.6) is 0 Å². The molecule has 4 N–H and O–H groups in total. The maximum atomic E-state index is 11.1. The molecule has 3 aliphatic carbocycles. The molecule has 7 unspecified atom stereocenters. The highest BCUT2D eigenvalue weighted by Gasteiger charge is 2.60. The normalized spacial score (nSPS) is 38.3. The minimum Gasteiger partial charge on any atom is -0.481 e. The molecule has 3 aliphatic rings. The van der Waals surface area contributed by atoms with Crippen molar-refractivity contribution in [1.82, 2.24) is 0 Å². The Kier molecular flexibility index (Phi) is 12.1. The maximum Gasteiger partial charge on any atom is 0.303 e. The Balaban J connectivity index is 0.00000145. The number of nitrogens with zero attached hydrogens (tertiary/aromatic N) is 1. The highest BCUT2D eigenvalue weighted by atomic mass is 16.4. The van der Waals surface area contributed by atoms with Crippen LogP contribution in [-0.4, -0.2) is 33.9 Å². The monoisotopic (exact) mass is 491 g/mol. The summed E-state index contributed by atoms with van der Waals surface area (Å²) in [6, 6.07) is 0. The molecule has 6 nitrogen and oxygen atoms in total. The first-order valence-electron chi connectivity index (χ1n) is 14.1. The van der Waals surface area contributed by atoms with Crippen LogP contribution in [0.1, 0.15) is 113 Å². The van der Waals surface area contributed by atoms with Gasteiger partial charge in [-0.1, -0.05) is 60.5 Å². The Labute approximate surface area is 214 Å². The summed E-state index contributed by atoms with van der Waals surface area (Å²) in [6.07, 6.45) is 8.58. The Morgan fingerprint density at radius 1 is 1.17 bits per heavy atom. The van der Waals surface area contributed by atoms with Crippen molar-refractivity contribution in [3.05, 3.63) is 0 Å². The second-order valence-corrected chi connectivity index (χ2v) is 11.1. The van der Waals surface area contributed by atoms with Crippen molar-refractivity contribution < 1.29 is 15.1 Å². The van der Waals surface area contributed by atoms with Gasteiger partial charge in [0.2, 0.25) is 0 Å². The zero-order valence-corrected chi connectivity index (χ0v) is 23.7. The van der Waals surface area contributed by atoms with E-state index in [1.54, 1.807) is 0 Å². The van der Waals surface area contributed by atoms with E-state index in [-0.39, 0.29) is 23.2 Å². The molecule has 0 heterocycles. The fraction of sp³-hybridized carbons (Fsp3) is 0.862. The fourth-order valence-electron chi connectivity index (χ4n) is 8.02. The zero-order chi connectivity index (χ0) is 27.0. The quantitative estimate of drug-likeness (QED) is 0.164. The average Bonchev–Trinajstić information content (AvgIpc) is 3.21. The predicted molar refractivity (Wildman–Crippen MR) is 146 cm³/mol. The van der Waals surface area contributed by atoms with Crippen molar-refractivity contribution in [2.75, 3.05) is 0 Å². The van der Waals surface area contributed by atoms with Gasteiger partial charge in [0.25, 0.3) is 0 Å². The van der Waals surface area contributed by atoms with Gasteiger partial charge in [-0.25, -0.2) is 0 Å². The molecule has 0 amide bonds. The first-order valence-corrected chi connectivity index (χ1v) is 14.1. The van der Waals surface area contributed by atoms with Gasteiger partial charge in [0.1, 0.15) is 0 Å². The van der Waals surface area contributed by atoms with Crippen LogP contribution in [0.3, 0.4) is 0 Å². The summed E-state index contributed by atoms with van der Waals surface area (Å²) >= 11 is 0. The van der Waals surface area contributed by atoms with Crippen LogP contribution in [0.15, 0.2) is 5.16 Å². The molecule has 6 heteroatoms. The summed E-state index contributed by atoms with van der Waals surface area (Å²) in [4.78, 5) is 11.1. The number of fused-ring (bicyclic) bond motifs is 1. The van der Waals surface area contributed by atoms with Crippen LogP contribution in [0, 0.1) is 57.2 Å². The van der Waals surface area contributed by atoms with E-state index in [1.165, 1.54) is 6.21 Å². The third kappa shape index (κ3) is 6.17. The van der Waals surface area contributed by atoms with E-state index >= 15 is 0 Å². The fourth-order valence-corrected chi connectivity index (χ4v) is 8.02. The number of carbonyl (C=O) groups is 1. The lowest BCUT2D eigenvalue weighted by Crippen LogP contribution is -2.54. The number of oxime groups is 1. The van der Waals surface area contributed by atoms with Gasteiger partial charge >= 0.3 is 5.97 Å². The molecule has 0 aromatic carbocycles. The number of carboxylic acids is 1. The average molecular weight is 492 g/mol. The summed E-state index contributed by atoms with van der Waals surface area (Å²) in [7, 11) is 0. The highest BCUT2D eigenvalue weighted by molar-refractivity contribution is 5.92. The second kappa shape index (κ2) is 13.5. The van der Waals surface area contributed by atoms with Gasteiger partial charge in [-0.2, -0.15) is 0 Å². The second-order valence-electron chi connectivity index (χ2n) is 11.1. The van der Waals surface area contributed by atoms with E-state index in [0.29, 0.717) is 42.4 Å². The van der Waals surface area contributed by atoms with Crippen LogP contribution in [-0.2, 0) is 4.79 Å². The van der Waals surface area contributed by atoms with Gasteiger partial charge in [0.05, 0.1) is 5.71 Å². The van der Waals surface area contributed by atoms with Gasteiger partial charge in [0.15, 0.2) is 0 Å². The Bertz CT molecular complexity index is 751. The summed E-state index contributed by atoms with van der Waals surface area (Å²) in [6.45, 7) is 17.2. The van der Waals surface area contributed by atoms with E-state index in [4.69, 9.17) is 15.9 Å². The summed E-state index contributed by atoms with van der Waals surface area (Å²) in [5.74, 6) is 1.45. The standard InChI is InChI=1S/C25H41N3O3.2C2H6/c1-15(5-8-23(29)30)19-6-7-20-16(2)21(14-22(28-31)25(19,20)4)24(3)11-9-18(27)13-17(24)10-12-26;2*1-2/h12,15-17,19-21,26-27,31H,5-11,13-14H2,1-4H3,(H,29,30);2*1-2H3/b26-12?,27-18?,28-22+;;/t15-,16?,17?,19?,20?,21?,24?,25?;;/m1../s1. The summed E-state index contributed by atoms with van der Waals surface area (Å²) in [5.41, 5.74) is 1.56. The summed E-state index contributed by atoms with van der Waals surface area (Å²) < 4.78 is 0. The number of hydrogen-bond acceptors (Lipinski definition) is 5. The van der Waals surface area contributed by atoms with Crippen molar-refractivity contribution in [3.63, 3.8) is 0 Å². The molecule has 0 saturated heterocycles. The molecule has 0 aromatic heterocycles. The molecular formula is C29H53N3O3. The molecule has 3 saturated carbocycles. The minimum absolute atomic E-state index is 0.0335. The first kappa shape index (κ1) is 31.3. The van der Waals surface area contributed by atoms with Crippen LogP contribution < -0.4 is 0 Å². The molecule has 0 spiro atoms. The number of aliphatic carboxylic acids is 1. The lowest BCUT2D eigenvalue weighted by atomic mass is 9.48. The lowest BCUT2D eigenvalue weighted by molar-refractivity contribution is -0.137. The molecule has 0 bridgehead atoms. The molecule has 0 radical (unpaired) electrons. The van der Waals surface area contributed by atoms with Crippen LogP contribution in [0.4, 0.5) is 0 Å². The molecule has 3 rings (SSSR count). The molecule has 0 aliphatic heterocycles. The van der Waals surface area contributed by atoms with Crippen LogP contribution in [0.2, 0.25) is 0 Å². The van der Waals surface area contributed by atoms with Crippen molar-refractivity contribution in [1.29, 1.82) is 10.8 Å².